The minimum atomic E-state index is 0. The van der Waals surface area contributed by atoms with Crippen molar-refractivity contribution in [2.24, 2.45) is 0 Å². The molecule has 0 saturated carbocycles. The number of aryl methyl sites for hydroxylation is 1. The quantitative estimate of drug-likeness (QED) is 0.423. The number of rotatable bonds is 3. The summed E-state index contributed by atoms with van der Waals surface area (Å²) < 4.78 is 7.72. The van der Waals surface area contributed by atoms with Crippen LogP contribution in [0.2, 0.25) is 0 Å². The minimum Gasteiger partial charge on any atom is -1.00 e. The van der Waals surface area contributed by atoms with Gasteiger partial charge in [-0.15, -0.1) is 0 Å². The van der Waals surface area contributed by atoms with Crippen LogP contribution >= 0.6 is 11.8 Å². The molecule has 2 aromatic carbocycles. The van der Waals surface area contributed by atoms with Crippen molar-refractivity contribution in [2.75, 3.05) is 19.1 Å². The highest BCUT2D eigenvalue weighted by Gasteiger charge is 2.24. The maximum Gasteiger partial charge on any atom is 0.212 e. The normalized spacial score (nSPS) is 14.4. The van der Waals surface area contributed by atoms with Crippen LogP contribution in [0.1, 0.15) is 12.6 Å². The number of thioether (sulfide) groups is 1. The van der Waals surface area contributed by atoms with Crippen LogP contribution in [-0.2, 0) is 6.54 Å². The second kappa shape index (κ2) is 7.88. The summed E-state index contributed by atoms with van der Waals surface area (Å²) >= 11 is 1.79. The minimum absolute atomic E-state index is 0. The summed E-state index contributed by atoms with van der Waals surface area (Å²) in [5.74, 6) is 0.898. The SMILES string of the molecule is CC[n+]1c(/C=C2\Sc3cc(OC)ccc3N2C)ccc2ccccc21.[I-]. The molecule has 1 aliphatic heterocycles. The van der Waals surface area contributed by atoms with E-state index < -0.39 is 0 Å². The molecule has 2 heterocycles. The number of ether oxygens (including phenoxy) is 1. The topological polar surface area (TPSA) is 16.4 Å². The molecule has 0 N–H and O–H groups in total. The molecule has 134 valence electrons. The van der Waals surface area contributed by atoms with Crippen molar-refractivity contribution in [1.29, 1.82) is 0 Å². The van der Waals surface area contributed by atoms with E-state index in [0.29, 0.717) is 0 Å². The molecule has 0 radical (unpaired) electrons. The number of halogens is 1. The van der Waals surface area contributed by atoms with E-state index in [1.807, 2.05) is 6.07 Å². The summed E-state index contributed by atoms with van der Waals surface area (Å²) in [6, 6.07) is 19.2. The van der Waals surface area contributed by atoms with Crippen molar-refractivity contribution >= 4 is 34.4 Å². The third-order valence-electron chi connectivity index (χ3n) is 4.63. The van der Waals surface area contributed by atoms with Gasteiger partial charge in [0.1, 0.15) is 12.3 Å². The van der Waals surface area contributed by atoms with Gasteiger partial charge in [0.25, 0.3) is 0 Å². The molecule has 3 aromatic rings. The Balaban J connectivity index is 0.00000196. The lowest BCUT2D eigenvalue weighted by atomic mass is 10.2. The van der Waals surface area contributed by atoms with Gasteiger partial charge in [-0.2, -0.15) is 4.57 Å². The second-order valence-electron chi connectivity index (χ2n) is 6.04. The molecule has 1 aromatic heterocycles. The summed E-state index contributed by atoms with van der Waals surface area (Å²) in [6.07, 6.45) is 2.27. The number of hydrogen-bond acceptors (Lipinski definition) is 3. The smallest absolute Gasteiger partial charge is 0.212 e. The molecule has 0 atom stereocenters. The van der Waals surface area contributed by atoms with Gasteiger partial charge in [-0.3, -0.25) is 0 Å². The van der Waals surface area contributed by atoms with Crippen LogP contribution in [0.15, 0.2) is 64.5 Å². The van der Waals surface area contributed by atoms with Crippen LogP contribution in [0, 0.1) is 0 Å². The van der Waals surface area contributed by atoms with Gasteiger partial charge >= 0.3 is 0 Å². The van der Waals surface area contributed by atoms with Crippen LogP contribution in [0.3, 0.4) is 0 Å². The average molecular weight is 476 g/mol. The molecule has 0 bridgehead atoms. The van der Waals surface area contributed by atoms with E-state index in [4.69, 9.17) is 4.74 Å². The van der Waals surface area contributed by atoms with Gasteiger partial charge in [-0.25, -0.2) is 0 Å². The third kappa shape index (κ3) is 3.30. The van der Waals surface area contributed by atoms with Crippen molar-refractivity contribution in [3.63, 3.8) is 0 Å². The van der Waals surface area contributed by atoms with E-state index in [9.17, 15) is 0 Å². The fourth-order valence-corrected chi connectivity index (χ4v) is 4.42. The molecule has 0 spiro atoms. The van der Waals surface area contributed by atoms with E-state index in [2.05, 4.69) is 78.0 Å². The molecule has 5 heteroatoms. The first-order valence-corrected chi connectivity index (χ1v) is 9.26. The Labute approximate surface area is 175 Å². The maximum atomic E-state index is 5.36. The molecule has 0 fully saturated rings. The van der Waals surface area contributed by atoms with E-state index in [1.165, 1.54) is 32.2 Å². The Kier molecular flexibility index (Phi) is 5.77. The highest BCUT2D eigenvalue weighted by molar-refractivity contribution is 8.03. The first-order valence-electron chi connectivity index (χ1n) is 8.44. The van der Waals surface area contributed by atoms with Gasteiger partial charge in [-0.1, -0.05) is 23.9 Å². The summed E-state index contributed by atoms with van der Waals surface area (Å²) in [5.41, 5.74) is 3.71. The van der Waals surface area contributed by atoms with Crippen LogP contribution < -0.4 is 38.2 Å². The monoisotopic (exact) mass is 476 g/mol. The van der Waals surface area contributed by atoms with Crippen LogP contribution in [-0.4, -0.2) is 14.2 Å². The number of hydrogen-bond donors (Lipinski definition) is 0. The molecule has 0 amide bonds. The number of benzene rings is 2. The van der Waals surface area contributed by atoms with E-state index in [-0.39, 0.29) is 24.0 Å². The van der Waals surface area contributed by atoms with Gasteiger partial charge in [0.15, 0.2) is 0 Å². The molecule has 0 aliphatic carbocycles. The lowest BCUT2D eigenvalue weighted by Gasteiger charge is -2.13. The average Bonchev–Trinajstić information content (AvgIpc) is 2.96. The summed E-state index contributed by atoms with van der Waals surface area (Å²) in [7, 11) is 3.83. The summed E-state index contributed by atoms with van der Waals surface area (Å²) in [6.45, 7) is 3.13. The largest absolute Gasteiger partial charge is 1.00 e. The number of fused-ring (bicyclic) bond motifs is 2. The lowest BCUT2D eigenvalue weighted by molar-refractivity contribution is -0.669. The first kappa shape index (κ1) is 19.0. The molecule has 0 unspecified atom stereocenters. The van der Waals surface area contributed by atoms with Crippen LogP contribution in [0.5, 0.6) is 5.75 Å². The van der Waals surface area contributed by atoms with Crippen molar-refractivity contribution in [3.05, 3.63) is 65.3 Å². The predicted octanol–water partition coefficient (Wildman–Crippen LogP) is 1.70. The Bertz CT molecular complexity index is 987. The van der Waals surface area contributed by atoms with Gasteiger partial charge in [0, 0.05) is 35.5 Å². The zero-order valence-corrected chi connectivity index (χ0v) is 18.0. The Morgan fingerprint density at radius 2 is 1.92 bits per heavy atom. The zero-order chi connectivity index (χ0) is 17.4. The van der Waals surface area contributed by atoms with Crippen molar-refractivity contribution in [1.82, 2.24) is 0 Å². The molecule has 3 nitrogen and oxygen atoms in total. The number of para-hydroxylation sites is 1. The summed E-state index contributed by atoms with van der Waals surface area (Å²) in [4.78, 5) is 3.48. The maximum absolute atomic E-state index is 5.36. The van der Waals surface area contributed by atoms with E-state index in [0.717, 1.165) is 12.3 Å². The number of aromatic nitrogens is 1. The molecular formula is C21H21IN2OS. The number of anilines is 1. The molecule has 1 aliphatic rings. The zero-order valence-electron chi connectivity index (χ0n) is 15.1. The van der Waals surface area contributed by atoms with Gasteiger partial charge in [0.05, 0.1) is 17.8 Å². The lowest BCUT2D eigenvalue weighted by Crippen LogP contribution is -3.00. The van der Waals surface area contributed by atoms with Gasteiger partial charge in [0.2, 0.25) is 11.2 Å². The standard InChI is InChI=1S/C21H21N2OS.HI/c1-4-23-16(10-9-15-7-5-6-8-18(15)23)13-21-22(2)19-12-11-17(24-3)14-20(19)25-21;/h5-14H,4H2,1-3H3;1H/q+1;/p-1. The Morgan fingerprint density at radius 1 is 1.12 bits per heavy atom. The molecular weight excluding hydrogens is 455 g/mol. The number of nitrogens with zero attached hydrogens (tertiary/aromatic N) is 2. The van der Waals surface area contributed by atoms with Crippen LogP contribution in [0.4, 0.5) is 5.69 Å². The third-order valence-corrected chi connectivity index (χ3v) is 5.78. The fraction of sp³-hybridized carbons (Fsp3) is 0.190. The van der Waals surface area contributed by atoms with Crippen molar-refractivity contribution in [3.8, 4) is 5.75 Å². The highest BCUT2D eigenvalue weighted by Crippen LogP contribution is 2.46. The Morgan fingerprint density at radius 3 is 2.69 bits per heavy atom. The summed E-state index contributed by atoms with van der Waals surface area (Å²) in [5, 5.41) is 2.49. The van der Waals surface area contributed by atoms with Gasteiger partial charge in [-0.05, 0) is 37.3 Å². The van der Waals surface area contributed by atoms with E-state index in [1.54, 1.807) is 18.9 Å². The van der Waals surface area contributed by atoms with E-state index >= 15 is 0 Å². The second-order valence-corrected chi connectivity index (χ2v) is 7.10. The molecule has 0 saturated heterocycles. The van der Waals surface area contributed by atoms with Crippen LogP contribution in [0.25, 0.3) is 17.0 Å². The highest BCUT2D eigenvalue weighted by atomic mass is 127. The van der Waals surface area contributed by atoms with Crippen molar-refractivity contribution < 1.29 is 33.3 Å². The molecule has 26 heavy (non-hydrogen) atoms. The fourth-order valence-electron chi connectivity index (χ4n) is 3.29. The number of methoxy groups -OCH3 is 1. The Hall–Kier alpha value is -1.73. The van der Waals surface area contributed by atoms with Crippen molar-refractivity contribution in [2.45, 2.75) is 18.4 Å². The predicted molar refractivity (Wildman–Crippen MR) is 105 cm³/mol. The number of pyridine rings is 1. The molecule has 4 rings (SSSR count). The van der Waals surface area contributed by atoms with Gasteiger partial charge < -0.3 is 33.6 Å². The first-order chi connectivity index (χ1) is 12.2.